The fourth-order valence-electron chi connectivity index (χ4n) is 1.32. The summed E-state index contributed by atoms with van der Waals surface area (Å²) in [4.78, 5) is 0. The van der Waals surface area contributed by atoms with E-state index in [4.69, 9.17) is 12.2 Å². The van der Waals surface area contributed by atoms with E-state index in [0.717, 1.165) is 25.0 Å². The van der Waals surface area contributed by atoms with E-state index < -0.39 is 0 Å². The van der Waals surface area contributed by atoms with Crippen LogP contribution in [0.2, 0.25) is 0 Å². The fraction of sp³-hybridized carbons (Fsp3) is 0.818. The van der Waals surface area contributed by atoms with E-state index in [-0.39, 0.29) is 6.04 Å². The monoisotopic (exact) mass is 214 g/mol. The molecule has 0 bridgehead atoms. The molecular formula is C11H22N2S. The summed E-state index contributed by atoms with van der Waals surface area (Å²) < 4.78 is 0. The van der Waals surface area contributed by atoms with Gasteiger partial charge < -0.3 is 5.73 Å². The molecule has 0 heterocycles. The number of nitrogens with one attached hydrogen (secondary N) is 1. The third-order valence-corrected chi connectivity index (χ3v) is 2.81. The Hall–Kier alpha value is -0.170. The number of thioether (sulfide) groups is 1. The number of nitrogens with two attached hydrogens (primary N) is 1. The van der Waals surface area contributed by atoms with Gasteiger partial charge in [0.05, 0.1) is 6.04 Å². The van der Waals surface area contributed by atoms with Gasteiger partial charge in [-0.05, 0) is 24.9 Å². The second-order valence-electron chi connectivity index (χ2n) is 3.39. The largest absolute Gasteiger partial charge is 0.329 e. The van der Waals surface area contributed by atoms with Crippen molar-refractivity contribution in [1.82, 2.24) is 5.32 Å². The van der Waals surface area contributed by atoms with Crippen LogP contribution in [0.4, 0.5) is 0 Å². The van der Waals surface area contributed by atoms with E-state index >= 15 is 0 Å². The number of hydrogen-bond acceptors (Lipinski definition) is 3. The van der Waals surface area contributed by atoms with Crippen LogP contribution in [-0.2, 0) is 0 Å². The predicted molar refractivity (Wildman–Crippen MR) is 66.5 cm³/mol. The van der Waals surface area contributed by atoms with E-state index in [1.54, 1.807) is 0 Å². The van der Waals surface area contributed by atoms with E-state index in [9.17, 15) is 0 Å². The topological polar surface area (TPSA) is 38.0 Å². The summed E-state index contributed by atoms with van der Waals surface area (Å²) in [6, 6.07) is 0.561. The minimum absolute atomic E-state index is 0.190. The highest BCUT2D eigenvalue weighted by Gasteiger charge is 2.10. The van der Waals surface area contributed by atoms with Gasteiger partial charge >= 0.3 is 0 Å². The third-order valence-electron chi connectivity index (χ3n) is 2.17. The lowest BCUT2D eigenvalue weighted by Gasteiger charge is -2.20. The van der Waals surface area contributed by atoms with E-state index in [2.05, 4.69) is 24.4 Å². The number of terminal acetylenes is 1. The van der Waals surface area contributed by atoms with Crippen molar-refractivity contribution in [3.8, 4) is 12.3 Å². The van der Waals surface area contributed by atoms with Crippen molar-refractivity contribution >= 4 is 11.8 Å². The molecule has 0 aliphatic rings. The van der Waals surface area contributed by atoms with Gasteiger partial charge in [-0.25, -0.2) is 0 Å². The Morgan fingerprint density at radius 3 is 2.64 bits per heavy atom. The fourth-order valence-corrected chi connectivity index (χ4v) is 1.84. The molecule has 0 amide bonds. The molecule has 3 N–H and O–H groups in total. The third kappa shape index (κ3) is 6.31. The summed E-state index contributed by atoms with van der Waals surface area (Å²) in [5.74, 6) is 3.91. The molecule has 14 heavy (non-hydrogen) atoms. The lowest BCUT2D eigenvalue weighted by molar-refractivity contribution is 0.455. The predicted octanol–water partition coefficient (Wildman–Crippen LogP) is 1.46. The first-order valence-corrected chi connectivity index (χ1v) is 6.59. The van der Waals surface area contributed by atoms with E-state index in [0.29, 0.717) is 12.6 Å². The Kier molecular flexibility index (Phi) is 9.27. The minimum atomic E-state index is 0.190. The van der Waals surface area contributed by atoms with Gasteiger partial charge in [-0.1, -0.05) is 19.3 Å². The van der Waals surface area contributed by atoms with Crippen LogP contribution in [0.5, 0.6) is 0 Å². The second kappa shape index (κ2) is 9.39. The van der Waals surface area contributed by atoms with Crippen LogP contribution in [0, 0.1) is 12.3 Å². The lowest BCUT2D eigenvalue weighted by atomic mass is 10.1. The molecular weight excluding hydrogens is 192 g/mol. The molecule has 0 spiro atoms. The SMILES string of the molecule is C#CC(CCC)NC(CN)CCSC. The first-order chi connectivity index (χ1) is 6.78. The Morgan fingerprint density at radius 2 is 2.21 bits per heavy atom. The van der Waals surface area contributed by atoms with Crippen LogP contribution in [0.3, 0.4) is 0 Å². The van der Waals surface area contributed by atoms with Crippen LogP contribution in [-0.4, -0.2) is 30.6 Å². The standard InChI is InChI=1S/C11H22N2S/c1-4-6-10(5-2)13-11(9-12)7-8-14-3/h2,10-11,13H,4,6-9,12H2,1,3H3. The molecule has 0 radical (unpaired) electrons. The lowest BCUT2D eigenvalue weighted by Crippen LogP contribution is -2.42. The smallest absolute Gasteiger partial charge is 0.0689 e. The van der Waals surface area contributed by atoms with Crippen LogP contribution < -0.4 is 11.1 Å². The van der Waals surface area contributed by atoms with Crippen LogP contribution in [0.25, 0.3) is 0 Å². The van der Waals surface area contributed by atoms with Crippen LogP contribution in [0.1, 0.15) is 26.2 Å². The maximum absolute atomic E-state index is 5.67. The molecule has 0 aromatic rings. The molecule has 0 aliphatic heterocycles. The summed E-state index contributed by atoms with van der Waals surface area (Å²) in [6.07, 6.45) is 10.8. The van der Waals surface area contributed by atoms with Crippen molar-refractivity contribution < 1.29 is 0 Å². The maximum Gasteiger partial charge on any atom is 0.0689 e. The zero-order chi connectivity index (χ0) is 10.8. The van der Waals surface area contributed by atoms with Gasteiger partial charge in [0, 0.05) is 12.6 Å². The average Bonchev–Trinajstić information content (AvgIpc) is 2.22. The first-order valence-electron chi connectivity index (χ1n) is 5.19. The van der Waals surface area contributed by atoms with Gasteiger partial charge in [-0.3, -0.25) is 5.32 Å². The van der Waals surface area contributed by atoms with Crippen molar-refractivity contribution in [1.29, 1.82) is 0 Å². The molecule has 0 aliphatic carbocycles. The normalized spacial score (nSPS) is 14.7. The van der Waals surface area contributed by atoms with Crippen molar-refractivity contribution in [3.63, 3.8) is 0 Å². The molecule has 0 saturated carbocycles. The molecule has 0 aromatic heterocycles. The van der Waals surface area contributed by atoms with Gasteiger partial charge in [-0.15, -0.1) is 6.42 Å². The van der Waals surface area contributed by atoms with Gasteiger partial charge in [-0.2, -0.15) is 11.8 Å². The molecule has 3 heteroatoms. The van der Waals surface area contributed by atoms with Crippen molar-refractivity contribution in [2.75, 3.05) is 18.6 Å². The van der Waals surface area contributed by atoms with E-state index in [1.807, 2.05) is 11.8 Å². The number of rotatable bonds is 8. The zero-order valence-electron chi connectivity index (χ0n) is 9.25. The van der Waals surface area contributed by atoms with Gasteiger partial charge in [0.1, 0.15) is 0 Å². The van der Waals surface area contributed by atoms with Gasteiger partial charge in [0.25, 0.3) is 0 Å². The average molecular weight is 214 g/mol. The molecule has 0 rings (SSSR count). The highest BCUT2D eigenvalue weighted by atomic mass is 32.2. The van der Waals surface area contributed by atoms with Crippen LogP contribution >= 0.6 is 11.8 Å². The molecule has 0 fully saturated rings. The molecule has 2 atom stereocenters. The highest BCUT2D eigenvalue weighted by molar-refractivity contribution is 7.98. The Balaban J connectivity index is 3.82. The number of hydrogen-bond donors (Lipinski definition) is 2. The van der Waals surface area contributed by atoms with Crippen molar-refractivity contribution in [3.05, 3.63) is 0 Å². The molecule has 2 unspecified atom stereocenters. The first kappa shape index (κ1) is 13.8. The molecule has 82 valence electrons. The van der Waals surface area contributed by atoms with Crippen molar-refractivity contribution in [2.45, 2.75) is 38.3 Å². The highest BCUT2D eigenvalue weighted by Crippen LogP contribution is 2.03. The van der Waals surface area contributed by atoms with Gasteiger partial charge in [0.15, 0.2) is 0 Å². The summed E-state index contributed by atoms with van der Waals surface area (Å²) in [5, 5.41) is 3.41. The summed E-state index contributed by atoms with van der Waals surface area (Å²) in [7, 11) is 0. The molecule has 0 saturated heterocycles. The zero-order valence-corrected chi connectivity index (χ0v) is 10.1. The Bertz CT molecular complexity index is 165. The minimum Gasteiger partial charge on any atom is -0.329 e. The Morgan fingerprint density at radius 1 is 1.50 bits per heavy atom. The van der Waals surface area contributed by atoms with Crippen molar-refractivity contribution in [2.24, 2.45) is 5.73 Å². The summed E-state index contributed by atoms with van der Waals surface area (Å²) in [6.45, 7) is 2.81. The quantitative estimate of drug-likeness (QED) is 0.601. The second-order valence-corrected chi connectivity index (χ2v) is 4.37. The van der Waals surface area contributed by atoms with Crippen LogP contribution in [0.15, 0.2) is 0 Å². The summed E-state index contributed by atoms with van der Waals surface area (Å²) >= 11 is 1.85. The molecule has 2 nitrogen and oxygen atoms in total. The van der Waals surface area contributed by atoms with Gasteiger partial charge in [0.2, 0.25) is 0 Å². The molecule has 0 aromatic carbocycles. The maximum atomic E-state index is 5.67. The Labute approximate surface area is 92.4 Å². The summed E-state index contributed by atoms with van der Waals surface area (Å²) in [5.41, 5.74) is 5.67. The van der Waals surface area contributed by atoms with E-state index in [1.165, 1.54) is 0 Å².